The number of carboxylic acid groups (broad SMARTS) is 1. The molecular formula is C42H67N3O6. The van der Waals surface area contributed by atoms with Crippen LogP contribution in [0.1, 0.15) is 139 Å². The first kappa shape index (κ1) is 38.3. The van der Waals surface area contributed by atoms with Crippen molar-refractivity contribution in [3.8, 4) is 0 Å². The van der Waals surface area contributed by atoms with Gasteiger partial charge in [-0.25, -0.2) is 4.79 Å². The minimum Gasteiger partial charge on any atom is -0.481 e. The largest absolute Gasteiger partial charge is 0.481 e. The Morgan fingerprint density at radius 1 is 0.902 bits per heavy atom. The highest BCUT2D eigenvalue weighted by molar-refractivity contribution is 6.02. The van der Waals surface area contributed by atoms with E-state index in [0.717, 1.165) is 82.9 Å². The molecule has 4 saturated carbocycles. The van der Waals surface area contributed by atoms with Crippen molar-refractivity contribution in [2.75, 3.05) is 20.1 Å². The summed E-state index contributed by atoms with van der Waals surface area (Å²) in [5.74, 6) is 0.00633. The maximum Gasteiger partial charge on any atom is 0.315 e. The highest BCUT2D eigenvalue weighted by atomic mass is 16.5. The number of likely N-dealkylation sites (tertiary alicyclic amines) is 1. The Balaban J connectivity index is 1.26. The minimum absolute atomic E-state index is 0.0184. The fraction of sp³-hybridized carbons (Fsp3) is 0.857. The molecule has 1 heterocycles. The lowest BCUT2D eigenvalue weighted by molar-refractivity contribution is -0.232. The van der Waals surface area contributed by atoms with E-state index in [9.17, 15) is 24.3 Å². The van der Waals surface area contributed by atoms with E-state index in [2.05, 4.69) is 71.0 Å². The van der Waals surface area contributed by atoms with Crippen molar-refractivity contribution in [2.45, 2.75) is 157 Å². The number of amides is 2. The number of rotatable bonds is 7. The average Bonchev–Trinajstić information content (AvgIpc) is 3.31. The molecule has 0 bridgehead atoms. The van der Waals surface area contributed by atoms with Gasteiger partial charge in [0.15, 0.2) is 5.78 Å². The van der Waals surface area contributed by atoms with Crippen LogP contribution in [0.3, 0.4) is 0 Å². The van der Waals surface area contributed by atoms with Crippen LogP contribution in [-0.4, -0.2) is 71.6 Å². The Bertz CT molecular complexity index is 1480. The van der Waals surface area contributed by atoms with Gasteiger partial charge in [-0.3, -0.25) is 14.4 Å². The summed E-state index contributed by atoms with van der Waals surface area (Å²) in [6.07, 6.45) is 9.63. The van der Waals surface area contributed by atoms with Gasteiger partial charge in [-0.05, 0) is 149 Å². The Morgan fingerprint density at radius 3 is 2.20 bits per heavy atom. The van der Waals surface area contributed by atoms with Crippen molar-refractivity contribution in [1.29, 1.82) is 0 Å². The number of nitrogens with zero attached hydrogens (tertiary/aromatic N) is 1. The first-order chi connectivity index (χ1) is 23.6. The first-order valence-electron chi connectivity index (χ1n) is 20.1. The molecule has 0 spiro atoms. The van der Waals surface area contributed by atoms with Crippen LogP contribution in [0.4, 0.5) is 4.79 Å². The summed E-state index contributed by atoms with van der Waals surface area (Å²) in [5, 5.41) is 16.4. The van der Waals surface area contributed by atoms with E-state index in [4.69, 9.17) is 4.74 Å². The number of ether oxygens (including phenoxy) is 1. The fourth-order valence-corrected chi connectivity index (χ4v) is 13.2. The molecular weight excluding hydrogens is 642 g/mol. The van der Waals surface area contributed by atoms with Crippen LogP contribution in [0.15, 0.2) is 11.1 Å². The number of hydrogen-bond donors (Lipinski definition) is 3. The molecule has 1 saturated heterocycles. The maximum atomic E-state index is 14.0. The molecule has 3 unspecified atom stereocenters. The quantitative estimate of drug-likeness (QED) is 0.234. The summed E-state index contributed by atoms with van der Waals surface area (Å²) in [6.45, 7) is 21.5. The van der Waals surface area contributed by atoms with Gasteiger partial charge >= 0.3 is 18.0 Å². The minimum atomic E-state index is -1.16. The molecule has 8 atom stereocenters. The zero-order chi connectivity index (χ0) is 37.5. The number of nitrogens with one attached hydrogen (secondary N) is 2. The third-order valence-electron chi connectivity index (χ3n) is 16.2. The molecule has 0 aromatic heterocycles. The number of Topliss-reactive ketones (excluding diaryl/α,β-unsaturated/α-hetero) is 1. The van der Waals surface area contributed by atoms with E-state index in [-0.39, 0.29) is 63.9 Å². The van der Waals surface area contributed by atoms with E-state index in [1.165, 1.54) is 5.57 Å². The van der Waals surface area contributed by atoms with E-state index < -0.39 is 22.9 Å². The Morgan fingerprint density at radius 2 is 1.57 bits per heavy atom. The monoisotopic (exact) mass is 710 g/mol. The van der Waals surface area contributed by atoms with Gasteiger partial charge in [0.1, 0.15) is 6.10 Å². The Labute approximate surface area is 306 Å². The van der Waals surface area contributed by atoms with Crippen molar-refractivity contribution in [2.24, 2.45) is 50.7 Å². The van der Waals surface area contributed by atoms with Crippen molar-refractivity contribution in [3.63, 3.8) is 0 Å². The number of hydrogen-bond acceptors (Lipinski definition) is 6. The Hall–Kier alpha value is -2.42. The summed E-state index contributed by atoms with van der Waals surface area (Å²) in [6, 6.07) is 0.0351. The number of esters is 1. The van der Waals surface area contributed by atoms with Crippen LogP contribution in [0.25, 0.3) is 0 Å². The highest BCUT2D eigenvalue weighted by Crippen LogP contribution is 2.76. The van der Waals surface area contributed by atoms with Crippen LogP contribution in [0, 0.1) is 50.7 Å². The van der Waals surface area contributed by atoms with Gasteiger partial charge in [-0.1, -0.05) is 48.5 Å². The molecule has 2 amide bonds. The van der Waals surface area contributed by atoms with Crippen LogP contribution in [-0.2, 0) is 19.1 Å². The molecule has 0 aromatic rings. The highest BCUT2D eigenvalue weighted by Gasteiger charge is 2.70. The van der Waals surface area contributed by atoms with Gasteiger partial charge in [0.05, 0.1) is 17.4 Å². The molecule has 51 heavy (non-hydrogen) atoms. The van der Waals surface area contributed by atoms with E-state index in [1.807, 2.05) is 0 Å². The Kier molecular flexibility index (Phi) is 9.66. The molecule has 9 heteroatoms. The molecule has 6 aliphatic rings. The van der Waals surface area contributed by atoms with E-state index >= 15 is 0 Å². The predicted molar refractivity (Wildman–Crippen MR) is 198 cm³/mol. The molecule has 5 fully saturated rings. The summed E-state index contributed by atoms with van der Waals surface area (Å²) in [7, 11) is 2.13. The van der Waals surface area contributed by atoms with Crippen LogP contribution in [0.5, 0.6) is 0 Å². The lowest BCUT2D eigenvalue weighted by atomic mass is 9.33. The smallest absolute Gasteiger partial charge is 0.315 e. The number of urea groups is 1. The number of aliphatic carboxylic acids is 1. The van der Waals surface area contributed by atoms with Crippen LogP contribution in [0.2, 0.25) is 0 Å². The summed E-state index contributed by atoms with van der Waals surface area (Å²) in [4.78, 5) is 54.8. The zero-order valence-corrected chi connectivity index (χ0v) is 33.3. The lowest BCUT2D eigenvalue weighted by Crippen LogP contribution is -2.67. The van der Waals surface area contributed by atoms with Crippen LogP contribution < -0.4 is 10.6 Å². The predicted octanol–water partition coefficient (Wildman–Crippen LogP) is 7.53. The number of fused-ring (bicyclic) bond motifs is 7. The number of piperidine rings is 1. The topological polar surface area (TPSA) is 125 Å². The van der Waals surface area contributed by atoms with E-state index in [0.29, 0.717) is 18.3 Å². The van der Waals surface area contributed by atoms with Gasteiger partial charge in [0, 0.05) is 17.9 Å². The van der Waals surface area contributed by atoms with Crippen LogP contribution >= 0.6 is 0 Å². The average molecular weight is 710 g/mol. The van der Waals surface area contributed by atoms with Crippen molar-refractivity contribution in [3.05, 3.63) is 11.1 Å². The third-order valence-corrected chi connectivity index (χ3v) is 16.2. The first-order valence-corrected chi connectivity index (χ1v) is 20.1. The van der Waals surface area contributed by atoms with Gasteiger partial charge in [-0.2, -0.15) is 0 Å². The van der Waals surface area contributed by atoms with Crippen molar-refractivity contribution < 1.29 is 29.0 Å². The fourth-order valence-electron chi connectivity index (χ4n) is 13.2. The molecule has 3 N–H and O–H groups in total. The molecule has 0 aromatic carbocycles. The SMILES string of the molecule is CC(C)C1=C2C3CCC4[C@@]5(C)CC[C@H](OC(=O)CC(C)(C)C(=O)O)C(C)(C)C5CC[C@@]4(C)[C@]3(C)CC[C@@]2(NC(=O)NC2CCN(C)CC2)CC1=O. The lowest BCUT2D eigenvalue weighted by Gasteiger charge is -2.72. The zero-order valence-electron chi connectivity index (χ0n) is 33.3. The van der Waals surface area contributed by atoms with Gasteiger partial charge in [0.25, 0.3) is 0 Å². The third kappa shape index (κ3) is 6.07. The molecule has 1 aliphatic heterocycles. The number of carbonyl (C=O) groups is 4. The maximum absolute atomic E-state index is 14.0. The van der Waals surface area contributed by atoms with Crippen molar-refractivity contribution in [1.82, 2.24) is 15.5 Å². The summed E-state index contributed by atoms with van der Waals surface area (Å²) >= 11 is 0. The second kappa shape index (κ2) is 12.9. The standard InChI is InChI=1S/C42H67N3O6/c1-25(2)33-28(46)23-42(44-36(50)43-26-15-21-45(10)22-16-26)20-19-40(8)27(34(33)42)11-12-30-39(7)17-14-31(51-32(47)24-37(3,4)35(48)49)38(5,6)29(39)13-18-41(30,40)9/h25-27,29-31H,11-24H2,1-10H3,(H,48,49)(H2,43,44,50)/t27?,29?,30?,31-,39-,40+,41+,42+/m0/s1. The number of allylic oxidation sites excluding steroid dienone is 1. The summed E-state index contributed by atoms with van der Waals surface area (Å²) in [5.41, 5.74) is 0.306. The van der Waals surface area contributed by atoms with Gasteiger partial charge in [-0.15, -0.1) is 0 Å². The number of ketones is 1. The van der Waals surface area contributed by atoms with E-state index in [1.54, 1.807) is 13.8 Å². The number of carboxylic acids is 1. The van der Waals surface area contributed by atoms with Gasteiger partial charge < -0.3 is 25.4 Å². The second-order valence-electron chi connectivity index (χ2n) is 20.2. The normalized spacial score (nSPS) is 39.8. The number of carbonyl (C=O) groups excluding carboxylic acids is 3. The summed E-state index contributed by atoms with van der Waals surface area (Å²) < 4.78 is 6.16. The molecule has 5 aliphatic carbocycles. The molecule has 6 rings (SSSR count). The van der Waals surface area contributed by atoms with Gasteiger partial charge in [0.2, 0.25) is 0 Å². The van der Waals surface area contributed by atoms with Crippen molar-refractivity contribution >= 4 is 23.8 Å². The molecule has 9 nitrogen and oxygen atoms in total. The molecule has 0 radical (unpaired) electrons. The second-order valence-corrected chi connectivity index (χ2v) is 20.2. The molecule has 286 valence electrons.